The Labute approximate surface area is 247 Å². The number of aromatic nitrogens is 2. The van der Waals surface area contributed by atoms with Crippen molar-refractivity contribution in [2.45, 2.75) is 50.4 Å². The van der Waals surface area contributed by atoms with Crippen LogP contribution in [-0.2, 0) is 33.0 Å². The molecule has 15 heteroatoms. The number of alkyl halides is 4. The average Bonchev–Trinajstić information content (AvgIpc) is 3.62. The van der Waals surface area contributed by atoms with Crippen LogP contribution in [0.2, 0.25) is 0 Å². The van der Waals surface area contributed by atoms with Gasteiger partial charge in [-0.15, -0.1) is 0 Å². The molecular weight excluding hydrogens is 591 g/mol. The van der Waals surface area contributed by atoms with Gasteiger partial charge >= 0.3 is 12.2 Å². The third-order valence-electron chi connectivity index (χ3n) is 7.88. The lowest BCUT2D eigenvalue weighted by atomic mass is 9.90. The fourth-order valence-corrected chi connectivity index (χ4v) is 5.43. The standard InChI is InChI=1S/C29H27F5N6O4/c1-16(29(32,33)34)39(12-17-3-6-20(30)7-4-17)25(42)15-40-26(43)28(37-27(40)44)10-23(31)21-9-18(5-8-22(21)28)19-11-36-38(13-19)14-24(41)35-2/h3-9,11,13,16,23H,10,12,14-15H2,1-2H3,(H,35,41)(H,37,44)/t16-,23-,28+/m0/s1. The van der Waals surface area contributed by atoms with Gasteiger partial charge in [0.05, 0.1) is 6.20 Å². The van der Waals surface area contributed by atoms with Crippen LogP contribution in [0.1, 0.15) is 36.2 Å². The van der Waals surface area contributed by atoms with Crippen molar-refractivity contribution in [2.24, 2.45) is 0 Å². The maximum absolute atomic E-state index is 15.4. The Kier molecular flexibility index (Phi) is 7.90. The number of halogens is 5. The highest BCUT2D eigenvalue weighted by Gasteiger charge is 2.59. The number of fused-ring (bicyclic) bond motifs is 2. The lowest BCUT2D eigenvalue weighted by Crippen LogP contribution is -2.51. The second kappa shape index (κ2) is 11.4. The highest BCUT2D eigenvalue weighted by molar-refractivity contribution is 6.10. The summed E-state index contributed by atoms with van der Waals surface area (Å²) in [6.07, 6.45) is -3.93. The molecule has 1 aliphatic heterocycles. The normalized spacial score (nSPS) is 20.1. The van der Waals surface area contributed by atoms with Gasteiger partial charge in [-0.25, -0.2) is 13.6 Å². The summed E-state index contributed by atoms with van der Waals surface area (Å²) in [4.78, 5) is 52.4. The van der Waals surface area contributed by atoms with Gasteiger partial charge in [-0.2, -0.15) is 18.3 Å². The number of carbonyl (C=O) groups excluding carboxylic acids is 4. The van der Waals surface area contributed by atoms with Crippen molar-refractivity contribution in [3.8, 4) is 11.1 Å². The van der Waals surface area contributed by atoms with E-state index in [-0.39, 0.29) is 29.1 Å². The van der Waals surface area contributed by atoms with E-state index in [0.29, 0.717) is 20.9 Å². The largest absolute Gasteiger partial charge is 0.408 e. The third kappa shape index (κ3) is 5.61. The molecule has 0 bridgehead atoms. The summed E-state index contributed by atoms with van der Waals surface area (Å²) in [5.41, 5.74) is -0.277. The molecule has 1 spiro atoms. The first-order chi connectivity index (χ1) is 20.7. The minimum absolute atomic E-state index is 0.0333. The Morgan fingerprint density at radius 1 is 1.14 bits per heavy atom. The molecule has 2 aromatic carbocycles. The van der Waals surface area contributed by atoms with Gasteiger partial charge in [0.15, 0.2) is 0 Å². The number of hydrogen-bond donors (Lipinski definition) is 2. The Hall–Kier alpha value is -4.82. The Balaban J connectivity index is 1.39. The third-order valence-corrected chi connectivity index (χ3v) is 7.88. The molecule has 2 heterocycles. The second-order valence-electron chi connectivity index (χ2n) is 10.7. The smallest absolute Gasteiger partial charge is 0.358 e. The number of amides is 5. The number of likely N-dealkylation sites (N-methyl/N-ethyl adjacent to an activating group) is 1. The van der Waals surface area contributed by atoms with Crippen LogP contribution >= 0.6 is 0 Å². The summed E-state index contributed by atoms with van der Waals surface area (Å²) in [6.45, 7) is -0.862. The zero-order chi connectivity index (χ0) is 32.0. The van der Waals surface area contributed by atoms with Gasteiger partial charge in [0.1, 0.15) is 36.7 Å². The number of nitrogens with zero attached hydrogens (tertiary/aromatic N) is 4. The number of benzene rings is 2. The molecule has 5 amide bonds. The van der Waals surface area contributed by atoms with Crippen molar-refractivity contribution in [1.82, 2.24) is 30.2 Å². The van der Waals surface area contributed by atoms with E-state index in [9.17, 15) is 36.7 Å². The lowest BCUT2D eigenvalue weighted by Gasteiger charge is -2.32. The molecule has 44 heavy (non-hydrogen) atoms. The molecule has 1 aliphatic carbocycles. The SMILES string of the molecule is CNC(=O)Cn1cc(-c2ccc3c(c2)[C@@H](F)C[C@@]32NC(=O)N(CC(=O)N(Cc3ccc(F)cc3)[C@@H](C)C(F)(F)F)C2=O)cn1. The number of imide groups is 1. The molecule has 2 aliphatic rings. The van der Waals surface area contributed by atoms with E-state index in [1.165, 1.54) is 42.2 Å². The maximum Gasteiger partial charge on any atom is 0.408 e. The molecule has 2 N–H and O–H groups in total. The van der Waals surface area contributed by atoms with E-state index in [1.807, 2.05) is 0 Å². The number of urea groups is 1. The van der Waals surface area contributed by atoms with Crippen LogP contribution in [0, 0.1) is 5.82 Å². The monoisotopic (exact) mass is 618 g/mol. The molecule has 3 atom stereocenters. The van der Waals surface area contributed by atoms with E-state index in [4.69, 9.17) is 0 Å². The van der Waals surface area contributed by atoms with Crippen molar-refractivity contribution in [3.63, 3.8) is 0 Å². The quantitative estimate of drug-likeness (QED) is 0.296. The van der Waals surface area contributed by atoms with Crippen LogP contribution in [0.25, 0.3) is 11.1 Å². The predicted octanol–water partition coefficient (Wildman–Crippen LogP) is 3.58. The van der Waals surface area contributed by atoms with Gasteiger partial charge in [0.2, 0.25) is 11.8 Å². The first kappa shape index (κ1) is 30.6. The topological polar surface area (TPSA) is 117 Å². The van der Waals surface area contributed by atoms with Crippen LogP contribution in [0.4, 0.5) is 26.7 Å². The molecule has 1 fully saturated rings. The number of carbonyl (C=O) groups is 4. The number of rotatable bonds is 8. The molecule has 0 saturated carbocycles. The minimum atomic E-state index is -4.84. The van der Waals surface area contributed by atoms with E-state index in [2.05, 4.69) is 15.7 Å². The first-order valence-electron chi connectivity index (χ1n) is 13.5. The molecule has 3 aromatic rings. The van der Waals surface area contributed by atoms with Crippen LogP contribution in [-0.4, -0.2) is 69.1 Å². The van der Waals surface area contributed by atoms with Gasteiger partial charge in [-0.1, -0.05) is 24.3 Å². The van der Waals surface area contributed by atoms with Crippen LogP contribution in [0.3, 0.4) is 0 Å². The van der Waals surface area contributed by atoms with E-state index in [0.717, 1.165) is 19.1 Å². The maximum atomic E-state index is 15.4. The molecule has 5 rings (SSSR count). The summed E-state index contributed by atoms with van der Waals surface area (Å²) < 4.78 is 71.2. The number of nitrogens with one attached hydrogen (secondary N) is 2. The minimum Gasteiger partial charge on any atom is -0.358 e. The van der Waals surface area contributed by atoms with Gasteiger partial charge in [-0.05, 0) is 47.4 Å². The summed E-state index contributed by atoms with van der Waals surface area (Å²) >= 11 is 0. The lowest BCUT2D eigenvalue weighted by molar-refractivity contribution is -0.187. The average molecular weight is 619 g/mol. The fourth-order valence-electron chi connectivity index (χ4n) is 5.43. The first-order valence-corrected chi connectivity index (χ1v) is 13.5. The summed E-state index contributed by atoms with van der Waals surface area (Å²) in [5, 5.41) is 9.06. The summed E-state index contributed by atoms with van der Waals surface area (Å²) in [5.74, 6) is -3.04. The van der Waals surface area contributed by atoms with Crippen LogP contribution in [0.5, 0.6) is 0 Å². The Morgan fingerprint density at radius 2 is 1.84 bits per heavy atom. The van der Waals surface area contributed by atoms with Gasteiger partial charge in [-0.3, -0.25) is 24.0 Å². The molecule has 1 aromatic heterocycles. The molecule has 1 saturated heterocycles. The van der Waals surface area contributed by atoms with Crippen molar-refractivity contribution in [3.05, 3.63) is 77.4 Å². The molecule has 0 radical (unpaired) electrons. The molecule has 10 nitrogen and oxygen atoms in total. The van der Waals surface area contributed by atoms with Gasteiger partial charge in [0, 0.05) is 31.8 Å². The van der Waals surface area contributed by atoms with Gasteiger partial charge in [0.25, 0.3) is 5.91 Å². The molecule has 232 valence electrons. The predicted molar refractivity (Wildman–Crippen MR) is 145 cm³/mol. The Morgan fingerprint density at radius 3 is 2.50 bits per heavy atom. The van der Waals surface area contributed by atoms with Crippen LogP contribution < -0.4 is 10.6 Å². The molecular formula is C29H27F5N6O4. The van der Waals surface area contributed by atoms with E-state index in [1.54, 1.807) is 12.3 Å². The van der Waals surface area contributed by atoms with Gasteiger partial charge < -0.3 is 15.5 Å². The zero-order valence-electron chi connectivity index (χ0n) is 23.5. The summed E-state index contributed by atoms with van der Waals surface area (Å²) in [7, 11) is 1.48. The summed E-state index contributed by atoms with van der Waals surface area (Å²) in [6, 6.07) is 5.71. The zero-order valence-corrected chi connectivity index (χ0v) is 23.5. The van der Waals surface area contributed by atoms with Crippen LogP contribution in [0.15, 0.2) is 54.9 Å². The Bertz CT molecular complexity index is 1620. The number of hydrogen-bond acceptors (Lipinski definition) is 5. The fraction of sp³-hybridized carbons (Fsp3) is 0.345. The van der Waals surface area contributed by atoms with Crippen molar-refractivity contribution < 1.29 is 41.1 Å². The van der Waals surface area contributed by atoms with Crippen molar-refractivity contribution >= 4 is 23.8 Å². The van der Waals surface area contributed by atoms with E-state index < -0.39 is 67.1 Å². The highest BCUT2D eigenvalue weighted by atomic mass is 19.4. The highest BCUT2D eigenvalue weighted by Crippen LogP contribution is 2.49. The van der Waals surface area contributed by atoms with Crippen molar-refractivity contribution in [2.75, 3.05) is 13.6 Å². The molecule has 0 unspecified atom stereocenters. The van der Waals surface area contributed by atoms with Crippen molar-refractivity contribution in [1.29, 1.82) is 0 Å². The van der Waals surface area contributed by atoms with E-state index >= 15 is 4.39 Å². The second-order valence-corrected chi connectivity index (χ2v) is 10.7.